The summed E-state index contributed by atoms with van der Waals surface area (Å²) in [5.41, 5.74) is 1.91. The maximum atomic E-state index is 12.9. The van der Waals surface area contributed by atoms with Gasteiger partial charge in [-0.25, -0.2) is 4.99 Å². The van der Waals surface area contributed by atoms with Crippen LogP contribution in [0.2, 0.25) is 0 Å². The molecule has 7 heteroatoms. The van der Waals surface area contributed by atoms with Gasteiger partial charge in [-0.05, 0) is 29.2 Å². The number of nitrogens with one attached hydrogen (secondary N) is 1. The van der Waals surface area contributed by atoms with Gasteiger partial charge < -0.3 is 5.32 Å². The van der Waals surface area contributed by atoms with Crippen LogP contribution in [-0.4, -0.2) is 34.3 Å². The van der Waals surface area contributed by atoms with Crippen molar-refractivity contribution in [1.82, 2.24) is 4.90 Å². The predicted octanol–water partition coefficient (Wildman–Crippen LogP) is 3.52. The highest BCUT2D eigenvalue weighted by molar-refractivity contribution is 8.16. The second kappa shape index (κ2) is 8.06. The SMILES string of the molecule is O=C(CN=C1N=C2SC=CN2C(=O)C1=Cc1ccccc1)Nc1ccccc1. The van der Waals surface area contributed by atoms with Crippen LogP contribution in [0.3, 0.4) is 0 Å². The number of hydrogen-bond acceptors (Lipinski definition) is 4. The topological polar surface area (TPSA) is 74.1 Å². The van der Waals surface area contributed by atoms with Gasteiger partial charge in [0.05, 0.1) is 5.57 Å². The highest BCUT2D eigenvalue weighted by atomic mass is 32.2. The first-order valence-corrected chi connectivity index (χ1v) is 9.51. The molecule has 0 aromatic heterocycles. The highest BCUT2D eigenvalue weighted by Crippen LogP contribution is 2.27. The van der Waals surface area contributed by atoms with Crippen molar-refractivity contribution in [3.63, 3.8) is 0 Å². The minimum Gasteiger partial charge on any atom is -0.324 e. The van der Waals surface area contributed by atoms with Crippen molar-refractivity contribution >= 4 is 46.3 Å². The molecule has 0 aliphatic carbocycles. The molecule has 0 spiro atoms. The van der Waals surface area contributed by atoms with Crippen molar-refractivity contribution in [2.75, 3.05) is 11.9 Å². The van der Waals surface area contributed by atoms with Crippen molar-refractivity contribution < 1.29 is 9.59 Å². The number of benzene rings is 2. The average molecular weight is 388 g/mol. The zero-order valence-electron chi connectivity index (χ0n) is 14.8. The average Bonchev–Trinajstić information content (AvgIpc) is 3.19. The Hall–Kier alpha value is -3.45. The van der Waals surface area contributed by atoms with Gasteiger partial charge in [-0.2, -0.15) is 0 Å². The fraction of sp³-hybridized carbons (Fsp3) is 0.0476. The molecule has 0 unspecified atom stereocenters. The van der Waals surface area contributed by atoms with Crippen LogP contribution in [0.25, 0.3) is 6.08 Å². The van der Waals surface area contributed by atoms with E-state index in [9.17, 15) is 9.59 Å². The number of anilines is 1. The van der Waals surface area contributed by atoms with E-state index in [-0.39, 0.29) is 24.2 Å². The molecular formula is C21H16N4O2S. The van der Waals surface area contributed by atoms with Crippen LogP contribution in [0.4, 0.5) is 5.69 Å². The van der Waals surface area contributed by atoms with E-state index < -0.39 is 0 Å². The molecule has 2 amide bonds. The monoisotopic (exact) mass is 388 g/mol. The Kier molecular flexibility index (Phi) is 5.16. The number of fused-ring (bicyclic) bond motifs is 1. The van der Waals surface area contributed by atoms with Gasteiger partial charge in [-0.1, -0.05) is 60.3 Å². The van der Waals surface area contributed by atoms with E-state index in [2.05, 4.69) is 15.3 Å². The van der Waals surface area contributed by atoms with Crippen LogP contribution >= 0.6 is 11.8 Å². The van der Waals surface area contributed by atoms with Gasteiger partial charge >= 0.3 is 0 Å². The maximum Gasteiger partial charge on any atom is 0.267 e. The van der Waals surface area contributed by atoms with Gasteiger partial charge in [0, 0.05) is 11.9 Å². The summed E-state index contributed by atoms with van der Waals surface area (Å²) < 4.78 is 0. The normalized spacial score (nSPS) is 18.4. The number of amidine groups is 2. The van der Waals surface area contributed by atoms with E-state index in [1.807, 2.05) is 48.5 Å². The lowest BCUT2D eigenvalue weighted by molar-refractivity contribution is -0.121. The predicted molar refractivity (Wildman–Crippen MR) is 113 cm³/mol. The van der Waals surface area contributed by atoms with Crippen LogP contribution in [0.1, 0.15) is 5.56 Å². The van der Waals surface area contributed by atoms with E-state index >= 15 is 0 Å². The largest absolute Gasteiger partial charge is 0.324 e. The van der Waals surface area contributed by atoms with Crippen LogP contribution < -0.4 is 5.32 Å². The van der Waals surface area contributed by atoms with Crippen LogP contribution in [0, 0.1) is 0 Å². The molecule has 0 radical (unpaired) electrons. The number of amides is 2. The van der Waals surface area contributed by atoms with E-state index in [4.69, 9.17) is 0 Å². The maximum absolute atomic E-state index is 12.9. The summed E-state index contributed by atoms with van der Waals surface area (Å²) in [5.74, 6) is -0.220. The number of thioether (sulfide) groups is 1. The summed E-state index contributed by atoms with van der Waals surface area (Å²) in [4.78, 5) is 35.4. The molecule has 2 aliphatic rings. The zero-order valence-corrected chi connectivity index (χ0v) is 15.6. The summed E-state index contributed by atoms with van der Waals surface area (Å²) in [6, 6.07) is 18.6. The third kappa shape index (κ3) is 3.94. The molecule has 6 nitrogen and oxygen atoms in total. The second-order valence-electron chi connectivity index (χ2n) is 6.00. The fourth-order valence-corrected chi connectivity index (χ4v) is 3.42. The Labute approximate surface area is 166 Å². The lowest BCUT2D eigenvalue weighted by Gasteiger charge is -2.21. The van der Waals surface area contributed by atoms with Gasteiger partial charge in [0.25, 0.3) is 5.91 Å². The van der Waals surface area contributed by atoms with Crippen LogP contribution in [-0.2, 0) is 9.59 Å². The zero-order chi connectivity index (χ0) is 19.3. The van der Waals surface area contributed by atoms with Crippen molar-refractivity contribution in [1.29, 1.82) is 0 Å². The quantitative estimate of drug-likeness (QED) is 0.815. The summed E-state index contributed by atoms with van der Waals surface area (Å²) in [5, 5.41) is 5.11. The Bertz CT molecular complexity index is 1030. The van der Waals surface area contributed by atoms with E-state index in [0.717, 1.165) is 5.56 Å². The fourth-order valence-electron chi connectivity index (χ4n) is 2.72. The van der Waals surface area contributed by atoms with E-state index in [1.54, 1.807) is 29.8 Å². The summed E-state index contributed by atoms with van der Waals surface area (Å²) in [7, 11) is 0. The number of rotatable bonds is 4. The number of carbonyl (C=O) groups is 2. The Morgan fingerprint density at radius 2 is 1.82 bits per heavy atom. The molecule has 0 fully saturated rings. The molecule has 2 aromatic carbocycles. The van der Waals surface area contributed by atoms with Crippen LogP contribution in [0.5, 0.6) is 0 Å². The number of nitrogens with zero attached hydrogens (tertiary/aromatic N) is 3. The van der Waals surface area contributed by atoms with Gasteiger partial charge in [0.1, 0.15) is 6.54 Å². The number of carbonyl (C=O) groups excluding carboxylic acids is 2. The molecule has 138 valence electrons. The second-order valence-corrected chi connectivity index (χ2v) is 6.87. The standard InChI is InChI=1S/C21H16N4O2S/c26-18(23-16-9-5-2-6-10-16)14-22-19-17(13-15-7-3-1-4-8-15)20(27)25-11-12-28-21(25)24-19/h1-13H,14H2,(H,23,26). The molecule has 28 heavy (non-hydrogen) atoms. The molecular weight excluding hydrogens is 372 g/mol. The van der Waals surface area contributed by atoms with Gasteiger partial charge in [-0.3, -0.25) is 19.5 Å². The van der Waals surface area contributed by atoms with Gasteiger partial charge in [-0.15, -0.1) is 0 Å². The summed E-state index contributed by atoms with van der Waals surface area (Å²) in [6.45, 7) is -0.126. The van der Waals surface area contributed by atoms with E-state index in [1.165, 1.54) is 16.7 Å². The molecule has 0 atom stereocenters. The molecule has 2 heterocycles. The van der Waals surface area contributed by atoms with Crippen molar-refractivity contribution in [2.45, 2.75) is 0 Å². The molecule has 0 bridgehead atoms. The number of para-hydroxylation sites is 1. The van der Waals surface area contributed by atoms with Gasteiger partial charge in [0.15, 0.2) is 11.0 Å². The van der Waals surface area contributed by atoms with Gasteiger partial charge in [0.2, 0.25) is 5.91 Å². The molecule has 4 rings (SSSR count). The molecule has 2 aromatic rings. The highest BCUT2D eigenvalue weighted by Gasteiger charge is 2.32. The van der Waals surface area contributed by atoms with E-state index in [0.29, 0.717) is 16.4 Å². The first-order valence-electron chi connectivity index (χ1n) is 8.63. The minimum absolute atomic E-state index is 0.126. The lowest BCUT2D eigenvalue weighted by Crippen LogP contribution is -2.36. The number of aliphatic imine (C=N–C) groups is 2. The summed E-state index contributed by atoms with van der Waals surface area (Å²) in [6.07, 6.45) is 3.43. The minimum atomic E-state index is -0.273. The van der Waals surface area contributed by atoms with Crippen molar-refractivity contribution in [3.05, 3.63) is 83.4 Å². The Morgan fingerprint density at radius 3 is 2.57 bits per heavy atom. The molecule has 0 saturated carbocycles. The lowest BCUT2D eigenvalue weighted by atomic mass is 10.1. The molecule has 1 N–H and O–H groups in total. The first kappa shape index (κ1) is 17.9. The third-order valence-corrected chi connectivity index (χ3v) is 4.78. The first-order chi connectivity index (χ1) is 13.7. The van der Waals surface area contributed by atoms with Crippen molar-refractivity contribution in [3.8, 4) is 0 Å². The third-order valence-electron chi connectivity index (χ3n) is 4.02. The van der Waals surface area contributed by atoms with Crippen molar-refractivity contribution in [2.24, 2.45) is 9.98 Å². The summed E-state index contributed by atoms with van der Waals surface area (Å²) >= 11 is 1.34. The Morgan fingerprint density at radius 1 is 1.11 bits per heavy atom. The molecule has 0 saturated heterocycles. The smallest absolute Gasteiger partial charge is 0.267 e. The molecule has 2 aliphatic heterocycles. The number of hydrogen-bond donors (Lipinski definition) is 1. The van der Waals surface area contributed by atoms with Crippen LogP contribution in [0.15, 0.2) is 87.8 Å². The Balaban J connectivity index is 1.61.